The van der Waals surface area contributed by atoms with Gasteiger partial charge in [0.2, 0.25) is 5.27 Å². The second-order valence-corrected chi connectivity index (χ2v) is 5.01. The molecule has 0 saturated heterocycles. The molecule has 0 fully saturated rings. The Kier molecular flexibility index (Phi) is 4.22. The Morgan fingerprint density at radius 1 is 1.36 bits per heavy atom. The lowest BCUT2D eigenvalue weighted by Gasteiger charge is -2.17. The van der Waals surface area contributed by atoms with Crippen LogP contribution in [0.15, 0.2) is 34.9 Å². The van der Waals surface area contributed by atoms with Crippen LogP contribution in [0, 0.1) is 0 Å². The van der Waals surface area contributed by atoms with Crippen molar-refractivity contribution in [1.29, 1.82) is 0 Å². The van der Waals surface area contributed by atoms with Gasteiger partial charge in [0, 0.05) is 6.54 Å². The van der Waals surface area contributed by atoms with Crippen molar-refractivity contribution in [1.82, 2.24) is 10.2 Å². The highest BCUT2D eigenvalue weighted by Crippen LogP contribution is 2.16. The number of rotatable bonds is 3. The van der Waals surface area contributed by atoms with Crippen LogP contribution < -0.4 is 9.42 Å². The molecule has 1 aliphatic heterocycles. The minimum atomic E-state index is -0.314. The van der Waals surface area contributed by atoms with Crippen LogP contribution in [0.2, 0.25) is 0 Å². The minimum Gasteiger partial charge on any atom is -0.462 e. The maximum Gasteiger partial charge on any atom is 0.410 e. The number of amides is 1. The molecule has 1 aromatic carbocycles. The molecule has 0 unspecified atom stereocenters. The molecule has 0 aliphatic carbocycles. The summed E-state index contributed by atoms with van der Waals surface area (Å²) in [6.45, 7) is 1.91. The summed E-state index contributed by atoms with van der Waals surface area (Å²) in [4.78, 5) is 13.8. The summed E-state index contributed by atoms with van der Waals surface area (Å²) >= 11 is 0. The van der Waals surface area contributed by atoms with Gasteiger partial charge in [-0.2, -0.15) is 0 Å². The zero-order valence-corrected chi connectivity index (χ0v) is 12.4. The topological polar surface area (TPSA) is 68.7 Å². The Bertz CT molecular complexity index is 641. The van der Waals surface area contributed by atoms with Crippen LogP contribution in [0.25, 0.3) is 0 Å². The highest BCUT2D eigenvalue weighted by molar-refractivity contribution is 5.67. The lowest BCUT2D eigenvalue weighted by molar-refractivity contribution is -0.765. The van der Waals surface area contributed by atoms with E-state index < -0.39 is 0 Å². The fraction of sp³-hybridized carbons (Fsp3) is 0.400. The molecule has 3 rings (SSSR count). The average molecular weight is 304 g/mol. The molecule has 0 N–H and O–H groups in total. The molecule has 1 aliphatic rings. The Morgan fingerprint density at radius 3 is 2.95 bits per heavy atom. The standard InChI is InChI=1S/C15H18N3O4/c1-20-14-13-7-8-17(9-10-18(13)16-22-14)15(19)21-11-12-5-3-2-4-6-12/h2-6H,7-11H2,1H3/q+1. The van der Waals surface area contributed by atoms with Crippen LogP contribution in [-0.4, -0.2) is 36.5 Å². The molecule has 2 heterocycles. The van der Waals surface area contributed by atoms with Crippen molar-refractivity contribution in [3.05, 3.63) is 41.6 Å². The van der Waals surface area contributed by atoms with Gasteiger partial charge in [-0.05, 0) is 10.2 Å². The van der Waals surface area contributed by atoms with E-state index in [1.165, 1.54) is 7.11 Å². The third-order valence-corrected chi connectivity index (χ3v) is 3.62. The molecule has 0 radical (unpaired) electrons. The van der Waals surface area contributed by atoms with Gasteiger partial charge in [-0.15, -0.1) is 0 Å². The van der Waals surface area contributed by atoms with Gasteiger partial charge in [0.05, 0.1) is 20.1 Å². The third-order valence-electron chi connectivity index (χ3n) is 3.62. The summed E-state index contributed by atoms with van der Waals surface area (Å²) in [5.74, 6) is 0.402. The van der Waals surface area contributed by atoms with E-state index in [4.69, 9.17) is 14.0 Å². The molecule has 1 aromatic heterocycles. The zero-order valence-electron chi connectivity index (χ0n) is 12.4. The third kappa shape index (κ3) is 3.03. The van der Waals surface area contributed by atoms with E-state index in [-0.39, 0.29) is 12.7 Å². The van der Waals surface area contributed by atoms with Gasteiger partial charge < -0.3 is 14.4 Å². The number of carbonyl (C=O) groups is 1. The maximum absolute atomic E-state index is 12.2. The first-order chi connectivity index (χ1) is 10.8. The number of aromatic nitrogens is 2. The van der Waals surface area contributed by atoms with E-state index in [9.17, 15) is 4.79 Å². The quantitative estimate of drug-likeness (QED) is 0.796. The van der Waals surface area contributed by atoms with Crippen molar-refractivity contribution in [2.24, 2.45) is 0 Å². The molecule has 116 valence electrons. The van der Waals surface area contributed by atoms with Crippen molar-refractivity contribution in [2.45, 2.75) is 19.6 Å². The van der Waals surface area contributed by atoms with Crippen LogP contribution in [-0.2, 0) is 24.3 Å². The maximum atomic E-state index is 12.2. The Morgan fingerprint density at radius 2 is 2.18 bits per heavy atom. The van der Waals surface area contributed by atoms with E-state index in [1.807, 2.05) is 30.3 Å². The summed E-state index contributed by atoms with van der Waals surface area (Å²) < 4.78 is 17.3. The fourth-order valence-electron chi connectivity index (χ4n) is 2.42. The van der Waals surface area contributed by atoms with E-state index in [0.29, 0.717) is 32.0 Å². The largest absolute Gasteiger partial charge is 0.462 e. The van der Waals surface area contributed by atoms with Gasteiger partial charge >= 0.3 is 12.0 Å². The number of nitrogens with zero attached hydrogens (tertiary/aromatic N) is 3. The van der Waals surface area contributed by atoms with Gasteiger partial charge in [0.25, 0.3) is 5.69 Å². The highest BCUT2D eigenvalue weighted by Gasteiger charge is 2.31. The Hall–Kier alpha value is -2.57. The monoisotopic (exact) mass is 304 g/mol. The lowest BCUT2D eigenvalue weighted by atomic mass is 10.2. The number of hydrogen-bond acceptors (Lipinski definition) is 5. The molecule has 0 spiro atoms. The molecule has 0 atom stereocenters. The predicted molar refractivity (Wildman–Crippen MR) is 75.2 cm³/mol. The van der Waals surface area contributed by atoms with Crippen LogP contribution >= 0.6 is 0 Å². The molecule has 7 heteroatoms. The number of carbonyl (C=O) groups excluding carboxylic acids is 1. The van der Waals surface area contributed by atoms with Gasteiger partial charge in [0.1, 0.15) is 6.61 Å². The zero-order chi connectivity index (χ0) is 15.4. The van der Waals surface area contributed by atoms with Crippen molar-refractivity contribution >= 4 is 6.09 Å². The first-order valence-electron chi connectivity index (χ1n) is 7.16. The Labute approximate surface area is 128 Å². The molecule has 0 saturated carbocycles. The van der Waals surface area contributed by atoms with Crippen LogP contribution in [0.3, 0.4) is 0 Å². The van der Waals surface area contributed by atoms with Crippen LogP contribution in [0.1, 0.15) is 11.3 Å². The molecule has 22 heavy (non-hydrogen) atoms. The number of benzene rings is 1. The van der Waals surface area contributed by atoms with Gasteiger partial charge in [-0.1, -0.05) is 30.3 Å². The van der Waals surface area contributed by atoms with Crippen molar-refractivity contribution in [2.75, 3.05) is 20.2 Å². The number of methoxy groups -OCH3 is 1. The molecule has 2 aromatic rings. The highest BCUT2D eigenvalue weighted by atomic mass is 16.6. The van der Waals surface area contributed by atoms with E-state index in [0.717, 1.165) is 11.3 Å². The second-order valence-electron chi connectivity index (χ2n) is 5.01. The smallest absolute Gasteiger partial charge is 0.410 e. The summed E-state index contributed by atoms with van der Waals surface area (Å²) in [7, 11) is 1.54. The van der Waals surface area contributed by atoms with Crippen molar-refractivity contribution in [3.63, 3.8) is 0 Å². The van der Waals surface area contributed by atoms with Crippen LogP contribution in [0.5, 0.6) is 5.95 Å². The first kappa shape index (κ1) is 14.4. The average Bonchev–Trinajstić information content (AvgIpc) is 2.83. The number of ether oxygens (including phenoxy) is 2. The molecule has 1 amide bonds. The predicted octanol–water partition coefficient (Wildman–Crippen LogP) is 1.17. The molecule has 0 bridgehead atoms. The number of hydrogen-bond donors (Lipinski definition) is 0. The van der Waals surface area contributed by atoms with E-state index >= 15 is 0 Å². The van der Waals surface area contributed by atoms with Crippen molar-refractivity contribution < 1.29 is 23.5 Å². The summed E-state index contributed by atoms with van der Waals surface area (Å²) in [6, 6.07) is 9.63. The van der Waals surface area contributed by atoms with Crippen LogP contribution in [0.4, 0.5) is 4.79 Å². The Balaban J connectivity index is 1.57. The van der Waals surface area contributed by atoms with E-state index in [1.54, 1.807) is 9.58 Å². The molecular formula is C15H18N3O4+. The minimum absolute atomic E-state index is 0.277. The van der Waals surface area contributed by atoms with Gasteiger partial charge in [0.15, 0.2) is 6.54 Å². The summed E-state index contributed by atoms with van der Waals surface area (Å²) in [5, 5.41) is 3.91. The first-order valence-corrected chi connectivity index (χ1v) is 7.16. The fourth-order valence-corrected chi connectivity index (χ4v) is 2.42. The summed E-state index contributed by atoms with van der Waals surface area (Å²) in [5.41, 5.74) is 1.83. The second kappa shape index (κ2) is 6.46. The number of fused-ring (bicyclic) bond motifs is 1. The lowest BCUT2D eigenvalue weighted by Crippen LogP contribution is -2.42. The summed E-state index contributed by atoms with van der Waals surface area (Å²) in [6.07, 6.45) is 0.304. The van der Waals surface area contributed by atoms with Gasteiger partial charge in [-0.3, -0.25) is 4.52 Å². The molecule has 7 nitrogen and oxygen atoms in total. The van der Waals surface area contributed by atoms with Crippen molar-refractivity contribution in [3.8, 4) is 5.95 Å². The molecular weight excluding hydrogens is 286 g/mol. The van der Waals surface area contributed by atoms with E-state index in [2.05, 4.69) is 5.27 Å². The SMILES string of the molecule is COc1on[n+]2c1CCN(C(=O)OCc1ccccc1)CC2. The normalized spacial score (nSPS) is 14.1. The van der Waals surface area contributed by atoms with Gasteiger partial charge in [-0.25, -0.2) is 4.79 Å².